The van der Waals surface area contributed by atoms with E-state index in [-0.39, 0.29) is 0 Å². The lowest BCUT2D eigenvalue weighted by Gasteiger charge is -2.17. The minimum absolute atomic E-state index is 0.320. The van der Waals surface area contributed by atoms with Crippen LogP contribution in [0, 0.1) is 4.78 Å². The molecular weight excluding hydrogens is 396 g/mol. The van der Waals surface area contributed by atoms with E-state index in [0.29, 0.717) is 26.9 Å². The Morgan fingerprint density at radius 1 is 1.33 bits per heavy atom. The Bertz CT molecular complexity index is 810. The Morgan fingerprint density at radius 3 is 2.50 bits per heavy atom. The minimum Gasteiger partial charge on any atom is -0.471 e. The van der Waals surface area contributed by atoms with Crippen molar-refractivity contribution in [3.63, 3.8) is 0 Å². The van der Waals surface area contributed by atoms with Gasteiger partial charge in [-0.3, -0.25) is 0 Å². The molecule has 0 aliphatic rings. The first-order chi connectivity index (χ1) is 11.2. The van der Waals surface area contributed by atoms with E-state index in [1.165, 1.54) is 6.26 Å². The lowest BCUT2D eigenvalue weighted by Crippen LogP contribution is -2.26. The fourth-order valence-corrected chi connectivity index (χ4v) is 2.64. The number of benzene rings is 1. The zero-order valence-corrected chi connectivity index (χ0v) is 15.9. The average Bonchev–Trinajstić information content (AvgIpc) is 2.50. The van der Waals surface area contributed by atoms with E-state index in [0.717, 1.165) is 0 Å². The van der Waals surface area contributed by atoms with Crippen LogP contribution in [0.1, 0.15) is 13.8 Å². The number of nitrogens with one attached hydrogen (secondary N) is 2. The number of anilines is 2. The van der Waals surface area contributed by atoms with Gasteiger partial charge < -0.3 is 15.2 Å². The molecule has 130 valence electrons. The first-order valence-electron chi connectivity index (χ1n) is 7.15. The molecule has 24 heavy (non-hydrogen) atoms. The number of aromatic nitrogens is 2. The fourth-order valence-electron chi connectivity index (χ4n) is 1.70. The van der Waals surface area contributed by atoms with E-state index in [9.17, 15) is 9.32 Å². The van der Waals surface area contributed by atoms with E-state index >= 15 is 0 Å². The summed E-state index contributed by atoms with van der Waals surface area (Å²) in [4.78, 5) is 8.88. The lowest BCUT2D eigenvalue weighted by atomic mass is 10.3. The number of aliphatic hydroxyl groups excluding tert-OH is 1. The molecule has 7 nitrogen and oxygen atoms in total. The van der Waals surface area contributed by atoms with Crippen LogP contribution in [0.3, 0.4) is 0 Å². The average molecular weight is 415 g/mol. The van der Waals surface area contributed by atoms with Gasteiger partial charge in [-0.05, 0) is 54.0 Å². The SMILES string of the molecule is C[C@@H](O)[C@@H](C)Oc1nc(Nc2ccc(S(C)(=N)=O)cc2)ncc1Br. The van der Waals surface area contributed by atoms with Gasteiger partial charge in [-0.15, -0.1) is 0 Å². The minimum atomic E-state index is -2.74. The van der Waals surface area contributed by atoms with Crippen molar-refractivity contribution in [3.8, 4) is 5.88 Å². The molecule has 0 spiro atoms. The Balaban J connectivity index is 2.18. The fraction of sp³-hybridized carbons (Fsp3) is 0.333. The molecule has 2 rings (SSSR count). The van der Waals surface area contributed by atoms with Gasteiger partial charge in [-0.1, -0.05) is 0 Å². The van der Waals surface area contributed by atoms with Gasteiger partial charge in [0.2, 0.25) is 11.8 Å². The van der Waals surface area contributed by atoms with Crippen molar-refractivity contribution in [3.05, 3.63) is 34.9 Å². The van der Waals surface area contributed by atoms with Crippen molar-refractivity contribution in [1.82, 2.24) is 9.97 Å². The molecule has 1 unspecified atom stereocenters. The molecule has 2 aromatic rings. The number of halogens is 1. The van der Waals surface area contributed by atoms with Crippen LogP contribution >= 0.6 is 15.9 Å². The van der Waals surface area contributed by atoms with Crippen LogP contribution in [0.2, 0.25) is 0 Å². The number of rotatable bonds is 6. The second-order valence-corrected chi connectivity index (χ2v) is 8.42. The van der Waals surface area contributed by atoms with Crippen LogP contribution < -0.4 is 10.1 Å². The summed E-state index contributed by atoms with van der Waals surface area (Å²) in [5.41, 5.74) is 0.694. The maximum atomic E-state index is 11.7. The number of hydrogen-bond donors (Lipinski definition) is 3. The molecule has 0 fully saturated rings. The molecule has 1 aromatic carbocycles. The van der Waals surface area contributed by atoms with Crippen LogP contribution in [0.25, 0.3) is 0 Å². The highest BCUT2D eigenvalue weighted by Gasteiger charge is 2.14. The molecule has 1 heterocycles. The van der Waals surface area contributed by atoms with Crippen molar-refractivity contribution < 1.29 is 14.1 Å². The van der Waals surface area contributed by atoms with Gasteiger partial charge in [0.25, 0.3) is 0 Å². The van der Waals surface area contributed by atoms with Crippen LogP contribution in [0.15, 0.2) is 39.8 Å². The van der Waals surface area contributed by atoms with Gasteiger partial charge in [0.1, 0.15) is 6.10 Å². The molecule has 3 N–H and O–H groups in total. The lowest BCUT2D eigenvalue weighted by molar-refractivity contribution is 0.0569. The second kappa shape index (κ2) is 7.45. The van der Waals surface area contributed by atoms with Crippen molar-refractivity contribution in [2.45, 2.75) is 31.0 Å². The molecule has 1 aromatic heterocycles. The number of ether oxygens (including phenoxy) is 1. The number of aliphatic hydroxyl groups is 1. The highest BCUT2D eigenvalue weighted by Crippen LogP contribution is 2.25. The predicted molar refractivity (Wildman–Crippen MR) is 96.3 cm³/mol. The quantitative estimate of drug-likeness (QED) is 0.669. The van der Waals surface area contributed by atoms with Gasteiger partial charge in [0.05, 0.1) is 26.5 Å². The normalized spacial score (nSPS) is 16.0. The summed E-state index contributed by atoms with van der Waals surface area (Å²) < 4.78 is 25.4. The molecule has 0 bridgehead atoms. The maximum Gasteiger partial charge on any atom is 0.233 e. The summed E-state index contributed by atoms with van der Waals surface area (Å²) in [6.07, 6.45) is 1.87. The zero-order valence-electron chi connectivity index (χ0n) is 13.5. The summed E-state index contributed by atoms with van der Waals surface area (Å²) in [7, 11) is -2.74. The Morgan fingerprint density at radius 2 is 1.96 bits per heavy atom. The highest BCUT2D eigenvalue weighted by atomic mass is 79.9. The van der Waals surface area contributed by atoms with Crippen molar-refractivity contribution in [2.24, 2.45) is 0 Å². The van der Waals surface area contributed by atoms with E-state index in [1.807, 2.05) is 0 Å². The Labute approximate surface area is 149 Å². The monoisotopic (exact) mass is 414 g/mol. The van der Waals surface area contributed by atoms with E-state index in [1.54, 1.807) is 44.3 Å². The third kappa shape index (κ3) is 4.89. The molecule has 0 radical (unpaired) electrons. The molecule has 0 amide bonds. The van der Waals surface area contributed by atoms with Gasteiger partial charge in [-0.25, -0.2) is 14.0 Å². The van der Waals surface area contributed by atoms with E-state index in [2.05, 4.69) is 31.2 Å². The first kappa shape index (κ1) is 18.6. The largest absolute Gasteiger partial charge is 0.471 e. The summed E-state index contributed by atoms with van der Waals surface area (Å²) in [6.45, 7) is 3.38. The topological polar surface area (TPSA) is 108 Å². The smallest absolute Gasteiger partial charge is 0.233 e. The molecule has 0 saturated heterocycles. The molecule has 0 aliphatic heterocycles. The first-order valence-corrected chi connectivity index (χ1v) is 9.91. The Hall–Kier alpha value is -1.71. The Kier molecular flexibility index (Phi) is 5.79. The second-order valence-electron chi connectivity index (χ2n) is 5.40. The molecule has 0 saturated carbocycles. The molecular formula is C15H19BrN4O3S. The summed E-state index contributed by atoms with van der Waals surface area (Å²) in [5.74, 6) is 0.641. The van der Waals surface area contributed by atoms with Crippen molar-refractivity contribution in [1.29, 1.82) is 4.78 Å². The predicted octanol–water partition coefficient (Wildman–Crippen LogP) is 3.17. The van der Waals surface area contributed by atoms with Gasteiger partial charge in [-0.2, -0.15) is 4.98 Å². The third-order valence-electron chi connectivity index (χ3n) is 3.25. The van der Waals surface area contributed by atoms with E-state index < -0.39 is 21.9 Å². The third-order valence-corrected chi connectivity index (χ3v) is 4.96. The molecule has 0 aliphatic carbocycles. The van der Waals surface area contributed by atoms with Gasteiger partial charge >= 0.3 is 0 Å². The maximum absolute atomic E-state index is 11.7. The van der Waals surface area contributed by atoms with Gasteiger partial charge in [0.15, 0.2) is 0 Å². The van der Waals surface area contributed by atoms with Crippen LogP contribution in [-0.2, 0) is 9.73 Å². The number of hydrogen-bond acceptors (Lipinski definition) is 7. The van der Waals surface area contributed by atoms with E-state index in [4.69, 9.17) is 9.52 Å². The number of nitrogens with zero attached hydrogens (tertiary/aromatic N) is 2. The highest BCUT2D eigenvalue weighted by molar-refractivity contribution is 9.10. The summed E-state index contributed by atoms with van der Waals surface area (Å²) in [5, 5.41) is 12.5. The van der Waals surface area contributed by atoms with Gasteiger partial charge in [0, 0.05) is 16.8 Å². The molecule has 9 heteroatoms. The summed E-state index contributed by atoms with van der Waals surface area (Å²) >= 11 is 3.31. The van der Waals surface area contributed by atoms with Crippen LogP contribution in [-0.4, -0.2) is 37.7 Å². The zero-order chi connectivity index (χ0) is 17.9. The standard InChI is InChI=1S/C15H19BrN4O3S/c1-9(21)10(2)23-14-13(16)8-18-15(20-14)19-11-4-6-12(7-5-11)24(3,17)22/h4-10,17,21H,1-3H3,(H,18,19,20)/t9-,10-,24?/m1/s1. The summed E-state index contributed by atoms with van der Waals surface area (Å²) in [6, 6.07) is 6.67. The van der Waals surface area contributed by atoms with Crippen LogP contribution in [0.4, 0.5) is 11.6 Å². The van der Waals surface area contributed by atoms with Crippen molar-refractivity contribution >= 4 is 37.3 Å². The molecule has 3 atom stereocenters. The van der Waals surface area contributed by atoms with Crippen LogP contribution in [0.5, 0.6) is 5.88 Å². The van der Waals surface area contributed by atoms with Crippen molar-refractivity contribution in [2.75, 3.05) is 11.6 Å².